The SMILES string of the molecule is CCOC(=O)CN1C(=O)CN(C(=O)c2cc(Cl)cc(Cl)c2)c2cc(C)c(C)cc21. The molecule has 0 fully saturated rings. The average molecular weight is 435 g/mol. The van der Waals surface area contributed by atoms with Crippen LogP contribution in [0.3, 0.4) is 0 Å². The molecule has 0 saturated heterocycles. The van der Waals surface area contributed by atoms with Crippen LogP contribution in [0.4, 0.5) is 11.4 Å². The molecule has 0 unspecified atom stereocenters. The summed E-state index contributed by atoms with van der Waals surface area (Å²) in [7, 11) is 0. The van der Waals surface area contributed by atoms with Crippen LogP contribution in [0.1, 0.15) is 28.4 Å². The number of halogens is 2. The quantitative estimate of drug-likeness (QED) is 0.677. The summed E-state index contributed by atoms with van der Waals surface area (Å²) in [5, 5.41) is 0.655. The molecule has 0 aliphatic carbocycles. The van der Waals surface area contributed by atoms with Crippen molar-refractivity contribution < 1.29 is 19.1 Å². The van der Waals surface area contributed by atoms with Crippen LogP contribution in [0.5, 0.6) is 0 Å². The summed E-state index contributed by atoms with van der Waals surface area (Å²) in [6.07, 6.45) is 0. The summed E-state index contributed by atoms with van der Waals surface area (Å²) in [5.74, 6) is -1.29. The van der Waals surface area contributed by atoms with E-state index in [0.29, 0.717) is 21.4 Å². The van der Waals surface area contributed by atoms with Gasteiger partial charge in [-0.15, -0.1) is 0 Å². The Kier molecular flexibility index (Phi) is 6.15. The van der Waals surface area contributed by atoms with E-state index in [0.717, 1.165) is 11.1 Å². The lowest BCUT2D eigenvalue weighted by Gasteiger charge is -2.36. The summed E-state index contributed by atoms with van der Waals surface area (Å²) in [6, 6.07) is 8.17. The Morgan fingerprint density at radius 1 is 1.00 bits per heavy atom. The lowest BCUT2D eigenvalue weighted by atomic mass is 10.0. The number of ether oxygens (including phenoxy) is 1. The Morgan fingerprint density at radius 3 is 2.17 bits per heavy atom. The van der Waals surface area contributed by atoms with Gasteiger partial charge in [0.25, 0.3) is 5.91 Å². The summed E-state index contributed by atoms with van der Waals surface area (Å²) < 4.78 is 4.99. The number of carbonyl (C=O) groups is 3. The van der Waals surface area contributed by atoms with Crippen LogP contribution < -0.4 is 9.80 Å². The summed E-state index contributed by atoms with van der Waals surface area (Å²) >= 11 is 12.1. The summed E-state index contributed by atoms with van der Waals surface area (Å²) in [6.45, 7) is 5.32. The number of fused-ring (bicyclic) bond motifs is 1. The molecule has 0 spiro atoms. The number of carbonyl (C=O) groups excluding carboxylic acids is 3. The highest BCUT2D eigenvalue weighted by molar-refractivity contribution is 6.35. The van der Waals surface area contributed by atoms with Gasteiger partial charge in [-0.05, 0) is 62.2 Å². The average Bonchev–Trinajstić information content (AvgIpc) is 2.64. The predicted octanol–water partition coefficient (Wildman–Crippen LogP) is 4.17. The monoisotopic (exact) mass is 434 g/mol. The second-order valence-electron chi connectivity index (χ2n) is 6.76. The van der Waals surface area contributed by atoms with E-state index in [1.165, 1.54) is 28.0 Å². The lowest BCUT2D eigenvalue weighted by molar-refractivity contribution is -0.142. The number of nitrogens with zero attached hydrogens (tertiary/aromatic N) is 2. The molecular formula is C21H20Cl2N2O4. The molecule has 2 amide bonds. The van der Waals surface area contributed by atoms with Crippen molar-refractivity contribution in [2.75, 3.05) is 29.5 Å². The van der Waals surface area contributed by atoms with E-state index in [9.17, 15) is 14.4 Å². The van der Waals surface area contributed by atoms with Gasteiger partial charge in [0.05, 0.1) is 18.0 Å². The minimum atomic E-state index is -0.508. The Labute approximate surface area is 178 Å². The van der Waals surface area contributed by atoms with Crippen LogP contribution in [-0.2, 0) is 14.3 Å². The van der Waals surface area contributed by atoms with Crippen molar-refractivity contribution in [3.63, 3.8) is 0 Å². The Bertz CT molecular complexity index is 986. The molecule has 29 heavy (non-hydrogen) atoms. The van der Waals surface area contributed by atoms with E-state index in [-0.39, 0.29) is 31.2 Å². The van der Waals surface area contributed by atoms with Crippen molar-refractivity contribution in [1.29, 1.82) is 0 Å². The highest BCUT2D eigenvalue weighted by Gasteiger charge is 2.35. The molecule has 8 heteroatoms. The Balaban J connectivity index is 2.06. The number of aryl methyl sites for hydroxylation is 2. The van der Waals surface area contributed by atoms with E-state index < -0.39 is 11.9 Å². The Morgan fingerprint density at radius 2 is 1.59 bits per heavy atom. The topological polar surface area (TPSA) is 66.9 Å². The van der Waals surface area contributed by atoms with Gasteiger partial charge in [-0.2, -0.15) is 0 Å². The van der Waals surface area contributed by atoms with Gasteiger partial charge in [-0.3, -0.25) is 24.2 Å². The smallest absolute Gasteiger partial charge is 0.326 e. The molecule has 0 aromatic heterocycles. The molecule has 152 valence electrons. The maximum atomic E-state index is 13.2. The van der Waals surface area contributed by atoms with Crippen LogP contribution in [0.15, 0.2) is 30.3 Å². The Hall–Kier alpha value is -2.57. The lowest BCUT2D eigenvalue weighted by Crippen LogP contribution is -2.50. The first-order valence-electron chi connectivity index (χ1n) is 9.06. The molecule has 0 saturated carbocycles. The second-order valence-corrected chi connectivity index (χ2v) is 7.63. The zero-order valence-corrected chi connectivity index (χ0v) is 17.8. The molecule has 0 atom stereocenters. The van der Waals surface area contributed by atoms with E-state index in [1.54, 1.807) is 13.0 Å². The first-order chi connectivity index (χ1) is 13.7. The van der Waals surface area contributed by atoms with E-state index in [2.05, 4.69) is 0 Å². The fourth-order valence-corrected chi connectivity index (χ4v) is 3.71. The molecule has 1 aliphatic heterocycles. The standard InChI is InChI=1S/C21H20Cl2N2O4/c1-4-29-20(27)11-24-17-5-12(2)13(3)6-18(17)25(10-19(24)26)21(28)14-7-15(22)9-16(23)8-14/h5-9H,4,10-11H2,1-3H3. The minimum Gasteiger partial charge on any atom is -0.465 e. The zero-order chi connectivity index (χ0) is 21.3. The first-order valence-corrected chi connectivity index (χ1v) is 9.82. The molecule has 2 aromatic carbocycles. The summed E-state index contributed by atoms with van der Waals surface area (Å²) in [5.41, 5.74) is 3.19. The van der Waals surface area contributed by atoms with Crippen LogP contribution in [0.25, 0.3) is 0 Å². The summed E-state index contributed by atoms with van der Waals surface area (Å²) in [4.78, 5) is 40.8. The minimum absolute atomic E-state index is 0.210. The predicted molar refractivity (Wildman–Crippen MR) is 113 cm³/mol. The van der Waals surface area contributed by atoms with E-state index >= 15 is 0 Å². The van der Waals surface area contributed by atoms with Crippen molar-refractivity contribution >= 4 is 52.4 Å². The molecule has 6 nitrogen and oxygen atoms in total. The highest BCUT2D eigenvalue weighted by atomic mass is 35.5. The van der Waals surface area contributed by atoms with Crippen LogP contribution in [0, 0.1) is 13.8 Å². The van der Waals surface area contributed by atoms with E-state index in [1.807, 2.05) is 19.9 Å². The van der Waals surface area contributed by atoms with Gasteiger partial charge < -0.3 is 4.74 Å². The van der Waals surface area contributed by atoms with Gasteiger partial charge in [-0.25, -0.2) is 0 Å². The number of rotatable bonds is 4. The molecule has 1 aliphatic rings. The number of hydrogen-bond acceptors (Lipinski definition) is 4. The van der Waals surface area contributed by atoms with Gasteiger partial charge in [0, 0.05) is 15.6 Å². The third-order valence-electron chi connectivity index (χ3n) is 4.71. The fraction of sp³-hybridized carbons (Fsp3) is 0.286. The van der Waals surface area contributed by atoms with Crippen molar-refractivity contribution in [2.45, 2.75) is 20.8 Å². The second kappa shape index (κ2) is 8.43. The molecule has 0 bridgehead atoms. The normalized spacial score (nSPS) is 13.3. The van der Waals surface area contributed by atoms with Gasteiger partial charge in [0.15, 0.2) is 0 Å². The largest absolute Gasteiger partial charge is 0.465 e. The number of amides is 2. The van der Waals surface area contributed by atoms with Gasteiger partial charge in [-0.1, -0.05) is 23.2 Å². The van der Waals surface area contributed by atoms with Gasteiger partial charge in [0.2, 0.25) is 5.91 Å². The molecule has 3 rings (SSSR count). The maximum Gasteiger partial charge on any atom is 0.326 e. The molecule has 0 N–H and O–H groups in total. The third-order valence-corrected chi connectivity index (χ3v) is 5.15. The molecular weight excluding hydrogens is 415 g/mol. The molecule has 0 radical (unpaired) electrons. The van der Waals surface area contributed by atoms with Gasteiger partial charge >= 0.3 is 5.97 Å². The van der Waals surface area contributed by atoms with E-state index in [4.69, 9.17) is 27.9 Å². The van der Waals surface area contributed by atoms with Crippen LogP contribution in [-0.4, -0.2) is 37.5 Å². The van der Waals surface area contributed by atoms with Crippen LogP contribution >= 0.6 is 23.2 Å². The molecule has 2 aromatic rings. The van der Waals surface area contributed by atoms with Gasteiger partial charge in [0.1, 0.15) is 13.1 Å². The van der Waals surface area contributed by atoms with Crippen molar-refractivity contribution in [2.24, 2.45) is 0 Å². The third kappa shape index (κ3) is 4.38. The fourth-order valence-electron chi connectivity index (χ4n) is 3.18. The van der Waals surface area contributed by atoms with Crippen molar-refractivity contribution in [3.05, 3.63) is 57.1 Å². The van der Waals surface area contributed by atoms with Crippen molar-refractivity contribution in [1.82, 2.24) is 0 Å². The first kappa shape index (κ1) is 21.1. The van der Waals surface area contributed by atoms with Crippen LogP contribution in [0.2, 0.25) is 10.0 Å². The number of anilines is 2. The highest BCUT2D eigenvalue weighted by Crippen LogP contribution is 2.37. The maximum absolute atomic E-state index is 13.2. The number of hydrogen-bond donors (Lipinski definition) is 0. The van der Waals surface area contributed by atoms with Crippen molar-refractivity contribution in [3.8, 4) is 0 Å². The number of esters is 1. The molecule has 1 heterocycles. The number of benzene rings is 2. The zero-order valence-electron chi connectivity index (χ0n) is 16.3.